The van der Waals surface area contributed by atoms with E-state index in [0.717, 1.165) is 40.0 Å². The molecule has 9 heteroatoms. The molecule has 7 nitrogen and oxygen atoms in total. The van der Waals surface area contributed by atoms with Gasteiger partial charge < -0.3 is 5.32 Å². The summed E-state index contributed by atoms with van der Waals surface area (Å²) in [5.41, 5.74) is 2.61. The predicted octanol–water partition coefficient (Wildman–Crippen LogP) is 4.67. The van der Waals surface area contributed by atoms with Crippen molar-refractivity contribution in [1.82, 2.24) is 18.9 Å². The molecule has 1 saturated heterocycles. The number of aromatic nitrogens is 3. The van der Waals surface area contributed by atoms with Crippen LogP contribution in [-0.4, -0.2) is 47.0 Å². The van der Waals surface area contributed by atoms with Crippen molar-refractivity contribution in [1.29, 1.82) is 0 Å². The molecule has 33 heavy (non-hydrogen) atoms. The van der Waals surface area contributed by atoms with Crippen LogP contribution in [0.4, 0.5) is 5.82 Å². The van der Waals surface area contributed by atoms with Crippen LogP contribution < -0.4 is 5.32 Å². The average molecular weight is 526 g/mol. The van der Waals surface area contributed by atoms with Gasteiger partial charge in [-0.15, -0.1) is 0 Å². The van der Waals surface area contributed by atoms with Crippen molar-refractivity contribution in [2.24, 2.45) is 5.92 Å². The van der Waals surface area contributed by atoms with E-state index >= 15 is 0 Å². The largest absolute Gasteiger partial charge is 0.370 e. The third kappa shape index (κ3) is 4.53. The number of nitrogens with one attached hydrogen (secondary N) is 1. The van der Waals surface area contributed by atoms with E-state index in [2.05, 4.69) is 26.3 Å². The average Bonchev–Trinajstić information content (AvgIpc) is 3.24. The number of sulfonamides is 1. The summed E-state index contributed by atoms with van der Waals surface area (Å²) >= 11 is 3.54. The second-order valence-electron chi connectivity index (χ2n) is 8.19. The molecular weight excluding hydrogens is 502 g/mol. The molecule has 0 saturated carbocycles. The van der Waals surface area contributed by atoms with Crippen LogP contribution in [0.15, 0.2) is 82.3 Å². The summed E-state index contributed by atoms with van der Waals surface area (Å²) < 4.78 is 30.3. The third-order valence-electron chi connectivity index (χ3n) is 5.93. The van der Waals surface area contributed by atoms with Crippen molar-refractivity contribution in [3.8, 4) is 11.3 Å². The first-order valence-corrected chi connectivity index (χ1v) is 13.1. The molecule has 1 aliphatic heterocycles. The van der Waals surface area contributed by atoms with Gasteiger partial charge in [0.25, 0.3) is 0 Å². The van der Waals surface area contributed by atoms with Crippen LogP contribution in [0.1, 0.15) is 12.8 Å². The maximum Gasteiger partial charge on any atom is 0.243 e. The van der Waals surface area contributed by atoms with E-state index in [1.165, 1.54) is 0 Å². The second kappa shape index (κ2) is 9.24. The lowest BCUT2D eigenvalue weighted by molar-refractivity contribution is 0.275. The van der Waals surface area contributed by atoms with Gasteiger partial charge in [-0.05, 0) is 46.8 Å². The topological polar surface area (TPSA) is 79.6 Å². The van der Waals surface area contributed by atoms with Crippen molar-refractivity contribution in [3.05, 3.63) is 77.4 Å². The number of anilines is 1. The van der Waals surface area contributed by atoms with Gasteiger partial charge >= 0.3 is 0 Å². The van der Waals surface area contributed by atoms with Crippen molar-refractivity contribution < 1.29 is 8.42 Å². The highest BCUT2D eigenvalue weighted by molar-refractivity contribution is 9.10. The van der Waals surface area contributed by atoms with Crippen molar-refractivity contribution >= 4 is 37.4 Å². The normalized spacial score (nSPS) is 17.3. The minimum atomic E-state index is -3.48. The van der Waals surface area contributed by atoms with Gasteiger partial charge in [-0.1, -0.05) is 48.5 Å². The Kier molecular flexibility index (Phi) is 6.18. The first-order valence-electron chi connectivity index (χ1n) is 10.9. The van der Waals surface area contributed by atoms with Gasteiger partial charge in [-0.25, -0.2) is 13.4 Å². The second-order valence-corrected chi connectivity index (χ2v) is 11.0. The molecule has 4 aromatic rings. The van der Waals surface area contributed by atoms with Gasteiger partial charge in [0.1, 0.15) is 5.82 Å². The Morgan fingerprint density at radius 3 is 2.55 bits per heavy atom. The monoisotopic (exact) mass is 525 g/mol. The van der Waals surface area contributed by atoms with E-state index < -0.39 is 10.0 Å². The van der Waals surface area contributed by atoms with Gasteiger partial charge in [0.15, 0.2) is 5.65 Å². The summed E-state index contributed by atoms with van der Waals surface area (Å²) in [5.74, 6) is 1.02. The molecule has 1 aliphatic rings. The summed E-state index contributed by atoms with van der Waals surface area (Å²) in [7, 11) is -3.48. The number of hydrogen-bond acceptors (Lipinski definition) is 5. The van der Waals surface area contributed by atoms with Gasteiger partial charge in [0.05, 0.1) is 21.3 Å². The first kappa shape index (κ1) is 22.1. The molecule has 5 rings (SSSR count). The SMILES string of the molecule is O=S(=O)(c1ccccc1)N1CCCC(CNc2cc(-c3ccccc3)nc3c(Br)cnn23)C1. The van der Waals surface area contributed by atoms with Gasteiger partial charge in [-0.3, -0.25) is 0 Å². The number of rotatable bonds is 6. The van der Waals surface area contributed by atoms with Crippen LogP contribution in [-0.2, 0) is 10.0 Å². The predicted molar refractivity (Wildman–Crippen MR) is 133 cm³/mol. The van der Waals surface area contributed by atoms with Crippen LogP contribution in [0, 0.1) is 5.92 Å². The standard InChI is InChI=1S/C24H24BrN5O2S/c25-21-16-27-30-23(14-22(28-24(21)30)19-9-3-1-4-10-19)26-15-18-8-7-13-29(17-18)33(31,32)20-11-5-2-6-12-20/h1-6,9-12,14,16,18,26H,7-8,13,15,17H2. The number of halogens is 1. The Morgan fingerprint density at radius 1 is 1.06 bits per heavy atom. The number of fused-ring (bicyclic) bond motifs is 1. The van der Waals surface area contributed by atoms with Gasteiger partial charge in [0.2, 0.25) is 10.0 Å². The van der Waals surface area contributed by atoms with Crippen molar-refractivity contribution in [3.63, 3.8) is 0 Å². The molecule has 0 spiro atoms. The van der Waals surface area contributed by atoms with E-state index in [0.29, 0.717) is 24.5 Å². The Bertz CT molecular complexity index is 1360. The Balaban J connectivity index is 1.36. The Labute approximate surface area is 201 Å². The zero-order valence-corrected chi connectivity index (χ0v) is 20.3. The summed E-state index contributed by atoms with van der Waals surface area (Å²) in [4.78, 5) is 5.11. The summed E-state index contributed by atoms with van der Waals surface area (Å²) in [6.45, 7) is 1.69. The van der Waals surface area contributed by atoms with Crippen LogP contribution in [0.5, 0.6) is 0 Å². The van der Waals surface area contributed by atoms with E-state index in [4.69, 9.17) is 4.98 Å². The molecule has 0 aliphatic carbocycles. The molecule has 0 radical (unpaired) electrons. The maximum absolute atomic E-state index is 13.1. The lowest BCUT2D eigenvalue weighted by atomic mass is 10.00. The minimum Gasteiger partial charge on any atom is -0.370 e. The molecule has 170 valence electrons. The highest BCUT2D eigenvalue weighted by atomic mass is 79.9. The van der Waals surface area contributed by atoms with Gasteiger partial charge in [-0.2, -0.15) is 13.9 Å². The van der Waals surface area contributed by atoms with Crippen LogP contribution in [0.25, 0.3) is 16.9 Å². The minimum absolute atomic E-state index is 0.194. The van der Waals surface area contributed by atoms with Crippen molar-refractivity contribution in [2.75, 3.05) is 25.0 Å². The quantitative estimate of drug-likeness (QED) is 0.395. The Morgan fingerprint density at radius 2 is 1.79 bits per heavy atom. The lowest BCUT2D eigenvalue weighted by Gasteiger charge is -2.32. The van der Waals surface area contributed by atoms with E-state index in [1.807, 2.05) is 42.5 Å². The number of benzene rings is 2. The fourth-order valence-electron chi connectivity index (χ4n) is 4.22. The molecular formula is C24H24BrN5O2S. The molecule has 3 heterocycles. The molecule has 2 aromatic carbocycles. The molecule has 0 bridgehead atoms. The first-order chi connectivity index (χ1) is 16.0. The number of piperidine rings is 1. The number of hydrogen-bond donors (Lipinski definition) is 1. The highest BCUT2D eigenvalue weighted by Gasteiger charge is 2.30. The van der Waals surface area contributed by atoms with Crippen LogP contribution in [0.2, 0.25) is 0 Å². The van der Waals surface area contributed by atoms with Crippen LogP contribution >= 0.6 is 15.9 Å². The zero-order valence-electron chi connectivity index (χ0n) is 17.9. The molecule has 0 amide bonds. The Hall–Kier alpha value is -2.75. The van der Waals surface area contributed by atoms with E-state index in [1.54, 1.807) is 39.3 Å². The zero-order chi connectivity index (χ0) is 22.8. The maximum atomic E-state index is 13.1. The molecule has 1 unspecified atom stereocenters. The van der Waals surface area contributed by atoms with Gasteiger partial charge in [0, 0.05) is 31.3 Å². The van der Waals surface area contributed by atoms with Crippen LogP contribution in [0.3, 0.4) is 0 Å². The fourth-order valence-corrected chi connectivity index (χ4v) is 6.14. The molecule has 2 aromatic heterocycles. The molecule has 1 fully saturated rings. The molecule has 1 N–H and O–H groups in total. The highest BCUT2D eigenvalue weighted by Crippen LogP contribution is 2.27. The van der Waals surface area contributed by atoms with E-state index in [-0.39, 0.29) is 5.92 Å². The number of nitrogens with zero attached hydrogens (tertiary/aromatic N) is 4. The lowest BCUT2D eigenvalue weighted by Crippen LogP contribution is -2.41. The van der Waals surface area contributed by atoms with Crippen molar-refractivity contribution in [2.45, 2.75) is 17.7 Å². The summed E-state index contributed by atoms with van der Waals surface area (Å²) in [5, 5.41) is 7.96. The fraction of sp³-hybridized carbons (Fsp3) is 0.250. The summed E-state index contributed by atoms with van der Waals surface area (Å²) in [6.07, 6.45) is 3.54. The third-order valence-corrected chi connectivity index (χ3v) is 8.37. The van der Waals surface area contributed by atoms with E-state index in [9.17, 15) is 8.42 Å². The smallest absolute Gasteiger partial charge is 0.243 e. The molecule has 1 atom stereocenters. The summed E-state index contributed by atoms with van der Waals surface area (Å²) in [6, 6.07) is 20.7.